The van der Waals surface area contributed by atoms with E-state index in [0.29, 0.717) is 39.3 Å². The van der Waals surface area contributed by atoms with E-state index in [1.54, 1.807) is 23.2 Å². The van der Waals surface area contributed by atoms with Gasteiger partial charge in [0.25, 0.3) is 11.5 Å². The summed E-state index contributed by atoms with van der Waals surface area (Å²) >= 11 is 6.68. The van der Waals surface area contributed by atoms with Crippen LogP contribution >= 0.6 is 24.0 Å². The van der Waals surface area contributed by atoms with Crippen molar-refractivity contribution < 1.29 is 14.3 Å². The molecule has 2 fully saturated rings. The Labute approximate surface area is 229 Å². The molecular formula is C27H27N5O4S2. The Balaban J connectivity index is 1.28. The first-order valence-electron chi connectivity index (χ1n) is 12.5. The molecule has 0 radical (unpaired) electrons. The van der Waals surface area contributed by atoms with Gasteiger partial charge in [0, 0.05) is 45.0 Å². The first-order chi connectivity index (χ1) is 18.4. The lowest BCUT2D eigenvalue weighted by molar-refractivity contribution is -0.123. The highest BCUT2D eigenvalue weighted by Gasteiger charge is 2.34. The number of piperazine rings is 1. The van der Waals surface area contributed by atoms with E-state index < -0.39 is 0 Å². The normalized spacial score (nSPS) is 19.0. The fourth-order valence-electron chi connectivity index (χ4n) is 4.93. The van der Waals surface area contributed by atoms with Crippen LogP contribution in [0.3, 0.4) is 0 Å². The summed E-state index contributed by atoms with van der Waals surface area (Å²) in [5.41, 5.74) is 1.94. The Morgan fingerprint density at radius 1 is 1.08 bits per heavy atom. The fraction of sp³-hybridized carbons (Fsp3) is 0.333. The van der Waals surface area contributed by atoms with Crippen molar-refractivity contribution in [2.24, 2.45) is 0 Å². The third kappa shape index (κ3) is 4.55. The number of ether oxygens (including phenoxy) is 2. The molecule has 0 saturated carbocycles. The molecule has 0 atom stereocenters. The van der Waals surface area contributed by atoms with Crippen LogP contribution in [0.1, 0.15) is 25.0 Å². The average Bonchev–Trinajstić information content (AvgIpc) is 3.49. The van der Waals surface area contributed by atoms with E-state index in [4.69, 9.17) is 26.7 Å². The lowest BCUT2D eigenvalue weighted by atomic mass is 10.1. The number of hydrogen-bond donors (Lipinski definition) is 0. The fourth-order valence-corrected chi connectivity index (χ4v) is 6.44. The molecule has 3 aliphatic rings. The first kappa shape index (κ1) is 24.9. The molecule has 3 aromatic rings. The minimum absolute atomic E-state index is 0.0541. The van der Waals surface area contributed by atoms with Crippen LogP contribution < -0.4 is 19.9 Å². The van der Waals surface area contributed by atoms with Gasteiger partial charge in [0.1, 0.15) is 15.8 Å². The molecule has 0 bridgehead atoms. The molecule has 2 saturated heterocycles. The van der Waals surface area contributed by atoms with Gasteiger partial charge in [-0.25, -0.2) is 4.98 Å². The molecule has 0 aliphatic carbocycles. The highest BCUT2D eigenvalue weighted by Crippen LogP contribution is 2.35. The summed E-state index contributed by atoms with van der Waals surface area (Å²) in [6.45, 7) is 7.92. The van der Waals surface area contributed by atoms with Gasteiger partial charge in [-0.15, -0.1) is 0 Å². The second-order valence-corrected chi connectivity index (χ2v) is 11.4. The summed E-state index contributed by atoms with van der Waals surface area (Å²) in [4.78, 5) is 38.1. The second-order valence-electron chi connectivity index (χ2n) is 9.68. The molecule has 0 unspecified atom stereocenters. The lowest BCUT2D eigenvalue weighted by Gasteiger charge is -2.36. The zero-order chi connectivity index (χ0) is 26.4. The summed E-state index contributed by atoms with van der Waals surface area (Å²) in [7, 11) is 0. The number of thiocarbonyl (C=S) groups is 1. The minimum atomic E-state index is -0.205. The van der Waals surface area contributed by atoms with Crippen LogP contribution in [-0.2, 0) is 11.3 Å². The number of benzene rings is 1. The smallest absolute Gasteiger partial charge is 0.267 e. The van der Waals surface area contributed by atoms with Crippen molar-refractivity contribution in [3.05, 3.63) is 69.0 Å². The van der Waals surface area contributed by atoms with Gasteiger partial charge in [-0.05, 0) is 49.8 Å². The van der Waals surface area contributed by atoms with Crippen LogP contribution in [0.15, 0.2) is 52.3 Å². The Morgan fingerprint density at radius 3 is 2.63 bits per heavy atom. The molecule has 1 amide bonds. The van der Waals surface area contributed by atoms with Gasteiger partial charge in [-0.2, -0.15) is 0 Å². The largest absolute Gasteiger partial charge is 0.454 e. The summed E-state index contributed by atoms with van der Waals surface area (Å²) < 4.78 is 13.0. The van der Waals surface area contributed by atoms with Crippen molar-refractivity contribution >= 4 is 51.7 Å². The van der Waals surface area contributed by atoms with Crippen molar-refractivity contribution in [1.29, 1.82) is 0 Å². The maximum atomic E-state index is 13.6. The molecule has 196 valence electrons. The molecule has 38 heavy (non-hydrogen) atoms. The third-order valence-electron chi connectivity index (χ3n) is 6.88. The van der Waals surface area contributed by atoms with Gasteiger partial charge in [-0.3, -0.25) is 23.8 Å². The van der Waals surface area contributed by atoms with E-state index in [2.05, 4.69) is 15.9 Å². The van der Waals surface area contributed by atoms with Crippen molar-refractivity contribution in [3.8, 4) is 11.5 Å². The predicted molar refractivity (Wildman–Crippen MR) is 152 cm³/mol. The monoisotopic (exact) mass is 549 g/mol. The molecule has 2 aromatic heterocycles. The van der Waals surface area contributed by atoms with Crippen LogP contribution in [0.5, 0.6) is 11.5 Å². The van der Waals surface area contributed by atoms with Gasteiger partial charge in [-0.1, -0.05) is 36.1 Å². The zero-order valence-corrected chi connectivity index (χ0v) is 22.8. The number of fused-ring (bicyclic) bond motifs is 2. The van der Waals surface area contributed by atoms with Gasteiger partial charge in [0.05, 0.1) is 10.5 Å². The number of hydrogen-bond acceptors (Lipinski definition) is 9. The van der Waals surface area contributed by atoms with Gasteiger partial charge in [0.2, 0.25) is 6.79 Å². The van der Waals surface area contributed by atoms with Crippen molar-refractivity contribution in [1.82, 2.24) is 19.2 Å². The number of thioether (sulfide) groups is 1. The van der Waals surface area contributed by atoms with E-state index in [1.165, 1.54) is 16.2 Å². The Bertz CT molecular complexity index is 1530. The number of nitrogens with zero attached hydrogens (tertiary/aromatic N) is 5. The third-order valence-corrected chi connectivity index (χ3v) is 8.21. The zero-order valence-electron chi connectivity index (χ0n) is 21.1. The molecule has 6 rings (SSSR count). The van der Waals surface area contributed by atoms with Crippen LogP contribution in [0.25, 0.3) is 11.7 Å². The Morgan fingerprint density at radius 2 is 1.87 bits per heavy atom. The minimum Gasteiger partial charge on any atom is -0.454 e. The van der Waals surface area contributed by atoms with Crippen LogP contribution in [-0.4, -0.2) is 68.4 Å². The number of rotatable bonds is 5. The predicted octanol–water partition coefficient (Wildman–Crippen LogP) is 3.36. The molecule has 0 spiro atoms. The maximum absolute atomic E-state index is 13.6. The van der Waals surface area contributed by atoms with Crippen LogP contribution in [0.4, 0.5) is 5.82 Å². The molecule has 1 aromatic carbocycles. The number of carbonyl (C=O) groups is 1. The van der Waals surface area contributed by atoms with E-state index >= 15 is 0 Å². The topological polar surface area (TPSA) is 79.6 Å². The standard InChI is InChI=1S/C27H27N5O4S2/c1-17(2)32-26(34)22(38-27(32)37)14-19-24(28-23-5-3-4-8-31(23)25(19)33)30-11-9-29(10-12-30)15-18-6-7-20-21(13-18)36-16-35-20/h3-8,13-14,17H,9-12,15-16H2,1-2H3/b22-14-. The van der Waals surface area contributed by atoms with Gasteiger partial charge < -0.3 is 14.4 Å². The van der Waals surface area contributed by atoms with Crippen LogP contribution in [0, 0.1) is 0 Å². The second kappa shape index (κ2) is 10.0. The Kier molecular flexibility index (Phi) is 6.58. The molecule has 5 heterocycles. The van der Waals surface area contributed by atoms with Crippen molar-refractivity contribution in [2.75, 3.05) is 37.9 Å². The van der Waals surface area contributed by atoms with E-state index in [-0.39, 0.29) is 24.3 Å². The highest BCUT2D eigenvalue weighted by molar-refractivity contribution is 8.26. The maximum Gasteiger partial charge on any atom is 0.267 e. The first-order valence-corrected chi connectivity index (χ1v) is 13.8. The summed E-state index contributed by atoms with van der Waals surface area (Å²) in [6, 6.07) is 11.5. The van der Waals surface area contributed by atoms with Gasteiger partial charge in [0.15, 0.2) is 11.5 Å². The molecule has 0 N–H and O–H groups in total. The number of anilines is 1. The molecule has 11 heteroatoms. The van der Waals surface area contributed by atoms with Crippen molar-refractivity contribution in [3.63, 3.8) is 0 Å². The SMILES string of the molecule is CC(C)N1C(=O)/C(=C/c2c(N3CCN(Cc4ccc5c(c4)OCO5)CC3)nc3ccccn3c2=O)SC1=S. The molecule has 9 nitrogen and oxygen atoms in total. The summed E-state index contributed by atoms with van der Waals surface area (Å²) in [5, 5.41) is 0. The quantitative estimate of drug-likeness (QED) is 0.352. The Hall–Kier alpha value is -3.41. The van der Waals surface area contributed by atoms with Crippen LogP contribution in [0.2, 0.25) is 0 Å². The summed E-state index contributed by atoms with van der Waals surface area (Å²) in [6.07, 6.45) is 3.37. The van der Waals surface area contributed by atoms with E-state index in [1.807, 2.05) is 38.1 Å². The lowest BCUT2D eigenvalue weighted by Crippen LogP contribution is -2.47. The van der Waals surface area contributed by atoms with E-state index in [0.717, 1.165) is 36.7 Å². The number of carbonyl (C=O) groups excluding carboxylic acids is 1. The summed E-state index contributed by atoms with van der Waals surface area (Å²) in [5.74, 6) is 1.99. The molecule has 3 aliphatic heterocycles. The number of pyridine rings is 1. The van der Waals surface area contributed by atoms with Crippen molar-refractivity contribution in [2.45, 2.75) is 26.4 Å². The average molecular weight is 550 g/mol. The van der Waals surface area contributed by atoms with E-state index in [9.17, 15) is 9.59 Å². The number of amides is 1. The van der Waals surface area contributed by atoms with Gasteiger partial charge >= 0.3 is 0 Å². The highest BCUT2D eigenvalue weighted by atomic mass is 32.2. The molecular weight excluding hydrogens is 522 g/mol. The number of aromatic nitrogens is 2.